The molecule has 4 rings (SSSR count). The van der Waals surface area contributed by atoms with Gasteiger partial charge in [-0.05, 0) is 37.8 Å². The molecular weight excluding hydrogens is 276 g/mol. The van der Waals surface area contributed by atoms with Crippen LogP contribution in [0.15, 0.2) is 36.9 Å². The summed E-state index contributed by atoms with van der Waals surface area (Å²) < 4.78 is 1.90. The first-order valence-electron chi connectivity index (χ1n) is 8.09. The molecule has 5 nitrogen and oxygen atoms in total. The van der Waals surface area contributed by atoms with Crippen molar-refractivity contribution in [2.45, 2.75) is 38.1 Å². The van der Waals surface area contributed by atoms with Crippen LogP contribution in [0.25, 0.3) is 5.82 Å². The van der Waals surface area contributed by atoms with Gasteiger partial charge in [0.15, 0.2) is 0 Å². The van der Waals surface area contributed by atoms with Crippen LogP contribution in [0.5, 0.6) is 0 Å². The number of likely N-dealkylation sites (tertiary alicyclic amines) is 1. The van der Waals surface area contributed by atoms with Crippen LogP contribution in [0.3, 0.4) is 0 Å². The lowest BCUT2D eigenvalue weighted by molar-refractivity contribution is -0.139. The topological polar surface area (TPSA) is 51.0 Å². The van der Waals surface area contributed by atoms with Gasteiger partial charge in [-0.1, -0.05) is 12.5 Å². The lowest BCUT2D eigenvalue weighted by Gasteiger charge is -2.32. The molecule has 2 aromatic rings. The highest BCUT2D eigenvalue weighted by molar-refractivity contribution is 5.80. The summed E-state index contributed by atoms with van der Waals surface area (Å²) in [5.41, 5.74) is 0.997. The summed E-state index contributed by atoms with van der Waals surface area (Å²) in [6, 6.07) is 6.16. The molecule has 1 amide bonds. The number of carbonyl (C=O) groups is 1. The van der Waals surface area contributed by atoms with Crippen molar-refractivity contribution in [2.24, 2.45) is 5.92 Å². The molecule has 1 atom stereocenters. The van der Waals surface area contributed by atoms with E-state index in [2.05, 4.69) is 9.88 Å². The Labute approximate surface area is 130 Å². The summed E-state index contributed by atoms with van der Waals surface area (Å²) in [6.07, 6.45) is 10.8. The minimum Gasteiger partial charge on any atom is -0.334 e. The third-order valence-electron chi connectivity index (χ3n) is 4.86. The van der Waals surface area contributed by atoms with Crippen LogP contribution in [0.2, 0.25) is 0 Å². The zero-order valence-corrected chi connectivity index (χ0v) is 12.6. The summed E-state index contributed by atoms with van der Waals surface area (Å²) >= 11 is 0. The maximum Gasteiger partial charge on any atom is 0.226 e. The highest BCUT2D eigenvalue weighted by Gasteiger charge is 2.36. The minimum absolute atomic E-state index is 0.136. The van der Waals surface area contributed by atoms with E-state index in [1.807, 2.05) is 29.0 Å². The first-order chi connectivity index (χ1) is 10.8. The van der Waals surface area contributed by atoms with Crippen LogP contribution in [0.1, 0.15) is 43.8 Å². The van der Waals surface area contributed by atoms with Gasteiger partial charge in [0, 0.05) is 24.9 Å². The van der Waals surface area contributed by atoms with Gasteiger partial charge < -0.3 is 4.90 Å². The SMILES string of the molecule is O=C(C1CCC1)N1CCC[C@H]1c1cccc(-n2ccnc2)n1. The molecule has 2 fully saturated rings. The molecule has 1 saturated heterocycles. The van der Waals surface area contributed by atoms with Gasteiger partial charge in [0.25, 0.3) is 0 Å². The Morgan fingerprint density at radius 1 is 1.18 bits per heavy atom. The molecule has 5 heteroatoms. The summed E-state index contributed by atoms with van der Waals surface area (Å²) in [5, 5.41) is 0. The summed E-state index contributed by atoms with van der Waals surface area (Å²) in [5.74, 6) is 1.46. The van der Waals surface area contributed by atoms with Gasteiger partial charge >= 0.3 is 0 Å². The van der Waals surface area contributed by atoms with Crippen LogP contribution < -0.4 is 0 Å². The zero-order chi connectivity index (χ0) is 14.9. The first kappa shape index (κ1) is 13.5. The molecule has 0 unspecified atom stereocenters. The molecular formula is C17H20N4O. The van der Waals surface area contributed by atoms with E-state index >= 15 is 0 Å². The number of pyridine rings is 1. The Morgan fingerprint density at radius 3 is 2.82 bits per heavy atom. The fourth-order valence-corrected chi connectivity index (χ4v) is 3.39. The van der Waals surface area contributed by atoms with Crippen LogP contribution in [0, 0.1) is 5.92 Å². The van der Waals surface area contributed by atoms with Crippen molar-refractivity contribution in [2.75, 3.05) is 6.54 Å². The molecule has 3 heterocycles. The molecule has 22 heavy (non-hydrogen) atoms. The highest BCUT2D eigenvalue weighted by atomic mass is 16.2. The van der Waals surface area contributed by atoms with E-state index in [-0.39, 0.29) is 12.0 Å². The average molecular weight is 296 g/mol. The Kier molecular flexibility index (Phi) is 3.41. The van der Waals surface area contributed by atoms with Crippen molar-refractivity contribution >= 4 is 5.91 Å². The second-order valence-corrected chi connectivity index (χ2v) is 6.21. The summed E-state index contributed by atoms with van der Waals surface area (Å²) in [6.45, 7) is 0.872. The van der Waals surface area contributed by atoms with Crippen LogP contribution in [0.4, 0.5) is 0 Å². The predicted octanol–water partition coefficient (Wildman–Crippen LogP) is 2.73. The zero-order valence-electron chi connectivity index (χ0n) is 12.6. The van der Waals surface area contributed by atoms with Gasteiger partial charge in [-0.15, -0.1) is 0 Å². The molecule has 0 spiro atoms. The van der Waals surface area contributed by atoms with Crippen LogP contribution >= 0.6 is 0 Å². The van der Waals surface area contributed by atoms with Crippen molar-refractivity contribution in [1.82, 2.24) is 19.4 Å². The minimum atomic E-state index is 0.136. The molecule has 2 aliphatic rings. The van der Waals surface area contributed by atoms with Gasteiger partial charge in [0.1, 0.15) is 12.1 Å². The summed E-state index contributed by atoms with van der Waals surface area (Å²) in [7, 11) is 0. The molecule has 0 bridgehead atoms. The average Bonchev–Trinajstić information content (AvgIpc) is 3.17. The number of aromatic nitrogens is 3. The predicted molar refractivity (Wildman–Crippen MR) is 82.4 cm³/mol. The lowest BCUT2D eigenvalue weighted by Crippen LogP contribution is -2.38. The lowest BCUT2D eigenvalue weighted by atomic mass is 9.84. The van der Waals surface area contributed by atoms with Gasteiger partial charge in [-0.25, -0.2) is 9.97 Å². The molecule has 1 aliphatic heterocycles. The van der Waals surface area contributed by atoms with Crippen molar-refractivity contribution < 1.29 is 4.79 Å². The van der Waals surface area contributed by atoms with Gasteiger partial charge in [-0.3, -0.25) is 9.36 Å². The Morgan fingerprint density at radius 2 is 2.09 bits per heavy atom. The normalized spacial score (nSPS) is 21.8. The van der Waals surface area contributed by atoms with Gasteiger partial charge in [-0.2, -0.15) is 0 Å². The van der Waals surface area contributed by atoms with E-state index in [0.29, 0.717) is 5.91 Å². The molecule has 2 aromatic heterocycles. The third kappa shape index (κ3) is 2.30. The fourth-order valence-electron chi connectivity index (χ4n) is 3.39. The quantitative estimate of drug-likeness (QED) is 0.875. The largest absolute Gasteiger partial charge is 0.334 e. The number of nitrogens with zero attached hydrogens (tertiary/aromatic N) is 4. The number of imidazole rings is 1. The van der Waals surface area contributed by atoms with E-state index in [1.54, 1.807) is 12.5 Å². The molecule has 0 N–H and O–H groups in total. The Bertz CT molecular complexity index is 663. The number of rotatable bonds is 3. The molecule has 1 aliphatic carbocycles. The molecule has 114 valence electrons. The highest BCUT2D eigenvalue weighted by Crippen LogP contribution is 2.36. The van der Waals surface area contributed by atoms with Gasteiger partial charge in [0.05, 0.1) is 11.7 Å². The smallest absolute Gasteiger partial charge is 0.226 e. The van der Waals surface area contributed by atoms with Crippen molar-refractivity contribution in [3.63, 3.8) is 0 Å². The van der Waals surface area contributed by atoms with Crippen LogP contribution in [-0.2, 0) is 4.79 Å². The number of hydrogen-bond acceptors (Lipinski definition) is 3. The summed E-state index contributed by atoms with van der Waals surface area (Å²) in [4.78, 5) is 23.5. The third-order valence-corrected chi connectivity index (χ3v) is 4.86. The van der Waals surface area contributed by atoms with E-state index in [9.17, 15) is 4.79 Å². The van der Waals surface area contributed by atoms with E-state index in [0.717, 1.165) is 43.7 Å². The number of carbonyl (C=O) groups excluding carboxylic acids is 1. The van der Waals surface area contributed by atoms with E-state index < -0.39 is 0 Å². The Balaban J connectivity index is 1.60. The molecule has 0 radical (unpaired) electrons. The van der Waals surface area contributed by atoms with Crippen molar-refractivity contribution in [3.8, 4) is 5.82 Å². The number of amides is 1. The molecule has 1 saturated carbocycles. The first-order valence-corrected chi connectivity index (χ1v) is 8.09. The second-order valence-electron chi connectivity index (χ2n) is 6.21. The maximum atomic E-state index is 12.6. The number of hydrogen-bond donors (Lipinski definition) is 0. The second kappa shape index (κ2) is 5.55. The van der Waals surface area contributed by atoms with Crippen molar-refractivity contribution in [3.05, 3.63) is 42.6 Å². The van der Waals surface area contributed by atoms with Crippen LogP contribution in [-0.4, -0.2) is 31.9 Å². The maximum absolute atomic E-state index is 12.6. The monoisotopic (exact) mass is 296 g/mol. The fraction of sp³-hybridized carbons (Fsp3) is 0.471. The van der Waals surface area contributed by atoms with E-state index in [4.69, 9.17) is 4.98 Å². The Hall–Kier alpha value is -2.17. The standard InChI is InChI=1S/C17H20N4O/c22-17(13-4-1-5-13)21-10-3-7-15(21)14-6-2-8-16(19-14)20-11-9-18-12-20/h2,6,8-9,11-13,15H,1,3-5,7,10H2/t15-/m0/s1. The van der Waals surface area contributed by atoms with Crippen molar-refractivity contribution in [1.29, 1.82) is 0 Å². The van der Waals surface area contributed by atoms with Gasteiger partial charge in [0.2, 0.25) is 5.91 Å². The molecule has 0 aromatic carbocycles. The van der Waals surface area contributed by atoms with E-state index in [1.165, 1.54) is 6.42 Å².